The van der Waals surface area contributed by atoms with Gasteiger partial charge in [0.2, 0.25) is 0 Å². The third-order valence-electron chi connectivity index (χ3n) is 1.58. The summed E-state index contributed by atoms with van der Waals surface area (Å²) in [7, 11) is 0. The summed E-state index contributed by atoms with van der Waals surface area (Å²) in [6, 6.07) is 0. The van der Waals surface area contributed by atoms with Crippen LogP contribution in [-0.2, 0) is 0 Å². The van der Waals surface area contributed by atoms with Crippen LogP contribution in [0.1, 0.15) is 22.3 Å². The minimum Gasteiger partial charge on any atom is -0.275 e. The van der Waals surface area contributed by atoms with Crippen molar-refractivity contribution in [1.29, 1.82) is 0 Å². The summed E-state index contributed by atoms with van der Waals surface area (Å²) in [6.07, 6.45) is -1.68. The average Bonchev–Trinajstić information content (AvgIpc) is 2.16. The standard InChI is InChI=1S/C7H3ClF2N2O3/c8-6(13)3-1-11-2-4(7(9)10)5(3)12(14)15/h1-2,7H. The Kier molecular flexibility index (Phi) is 3.25. The fourth-order valence-corrected chi connectivity index (χ4v) is 1.12. The summed E-state index contributed by atoms with van der Waals surface area (Å²) < 4.78 is 24.7. The van der Waals surface area contributed by atoms with E-state index in [0.717, 1.165) is 6.20 Å². The van der Waals surface area contributed by atoms with Crippen molar-refractivity contribution in [2.45, 2.75) is 6.43 Å². The van der Waals surface area contributed by atoms with Crippen LogP contribution in [0.3, 0.4) is 0 Å². The molecule has 0 saturated heterocycles. The molecule has 8 heteroatoms. The van der Waals surface area contributed by atoms with Gasteiger partial charge in [0.25, 0.3) is 17.4 Å². The summed E-state index contributed by atoms with van der Waals surface area (Å²) >= 11 is 5.00. The van der Waals surface area contributed by atoms with Gasteiger partial charge in [-0.05, 0) is 11.6 Å². The molecule has 5 nitrogen and oxygen atoms in total. The highest BCUT2D eigenvalue weighted by Gasteiger charge is 2.28. The van der Waals surface area contributed by atoms with Gasteiger partial charge in [0.05, 0.1) is 4.92 Å². The van der Waals surface area contributed by atoms with Gasteiger partial charge in [0.1, 0.15) is 11.1 Å². The van der Waals surface area contributed by atoms with Gasteiger partial charge in [-0.15, -0.1) is 0 Å². The summed E-state index contributed by atoms with van der Waals surface area (Å²) in [6.45, 7) is 0. The van der Waals surface area contributed by atoms with Gasteiger partial charge >= 0.3 is 0 Å². The largest absolute Gasteiger partial charge is 0.293 e. The summed E-state index contributed by atoms with van der Waals surface area (Å²) in [4.78, 5) is 23.4. The molecule has 80 valence electrons. The average molecular weight is 237 g/mol. The smallest absolute Gasteiger partial charge is 0.275 e. The van der Waals surface area contributed by atoms with Crippen LogP contribution < -0.4 is 0 Å². The number of halogens is 3. The zero-order valence-electron chi connectivity index (χ0n) is 6.99. The van der Waals surface area contributed by atoms with Gasteiger partial charge in [-0.2, -0.15) is 0 Å². The molecule has 0 aliphatic heterocycles. The van der Waals surface area contributed by atoms with Gasteiger partial charge < -0.3 is 0 Å². The van der Waals surface area contributed by atoms with E-state index in [0.29, 0.717) is 6.20 Å². The van der Waals surface area contributed by atoms with Crippen molar-refractivity contribution in [2.75, 3.05) is 0 Å². The minimum atomic E-state index is -3.09. The Morgan fingerprint density at radius 1 is 1.53 bits per heavy atom. The highest BCUT2D eigenvalue weighted by Crippen LogP contribution is 2.31. The molecule has 1 aromatic heterocycles. The van der Waals surface area contributed by atoms with Crippen LogP contribution >= 0.6 is 11.6 Å². The molecule has 0 saturated carbocycles. The number of hydrogen-bond donors (Lipinski definition) is 0. The molecule has 15 heavy (non-hydrogen) atoms. The summed E-state index contributed by atoms with van der Waals surface area (Å²) in [5, 5.41) is 9.29. The molecule has 0 amide bonds. The molecule has 1 heterocycles. The fraction of sp³-hybridized carbons (Fsp3) is 0.143. The van der Waals surface area contributed by atoms with E-state index in [1.807, 2.05) is 0 Å². The summed E-state index contributed by atoms with van der Waals surface area (Å²) in [5.41, 5.74) is -2.56. The van der Waals surface area contributed by atoms with Crippen molar-refractivity contribution in [2.24, 2.45) is 0 Å². The first-order valence-electron chi connectivity index (χ1n) is 3.55. The van der Waals surface area contributed by atoms with Crippen molar-refractivity contribution in [1.82, 2.24) is 4.98 Å². The van der Waals surface area contributed by atoms with Gasteiger partial charge in [-0.1, -0.05) is 0 Å². The molecular formula is C7H3ClF2N2O3. The van der Waals surface area contributed by atoms with Crippen molar-refractivity contribution in [3.05, 3.63) is 33.6 Å². The zero-order valence-corrected chi connectivity index (χ0v) is 7.74. The number of nitrogens with zero attached hydrogens (tertiary/aromatic N) is 2. The highest BCUT2D eigenvalue weighted by molar-refractivity contribution is 6.68. The third kappa shape index (κ3) is 2.24. The highest BCUT2D eigenvalue weighted by atomic mass is 35.5. The van der Waals surface area contributed by atoms with E-state index in [1.54, 1.807) is 0 Å². The minimum absolute atomic E-state index is 0.631. The lowest BCUT2D eigenvalue weighted by Gasteiger charge is -2.02. The molecule has 0 bridgehead atoms. The lowest BCUT2D eigenvalue weighted by Crippen LogP contribution is -2.04. The van der Waals surface area contributed by atoms with Crippen LogP contribution in [0.4, 0.5) is 14.5 Å². The van der Waals surface area contributed by atoms with E-state index in [2.05, 4.69) is 4.98 Å². The van der Waals surface area contributed by atoms with Crippen molar-refractivity contribution in [3.63, 3.8) is 0 Å². The maximum absolute atomic E-state index is 12.3. The molecule has 0 spiro atoms. The molecule has 1 rings (SSSR count). The van der Waals surface area contributed by atoms with Crippen molar-refractivity contribution < 1.29 is 18.5 Å². The molecule has 0 aromatic carbocycles. The first-order valence-corrected chi connectivity index (χ1v) is 3.93. The van der Waals surface area contributed by atoms with Crippen LogP contribution in [0.15, 0.2) is 12.4 Å². The molecule has 0 N–H and O–H groups in total. The fourth-order valence-electron chi connectivity index (χ4n) is 0.977. The van der Waals surface area contributed by atoms with Gasteiger partial charge in [-0.25, -0.2) is 8.78 Å². The maximum Gasteiger partial charge on any atom is 0.293 e. The van der Waals surface area contributed by atoms with Crippen molar-refractivity contribution in [3.8, 4) is 0 Å². The first kappa shape index (κ1) is 11.4. The number of nitro groups is 1. The van der Waals surface area contributed by atoms with Crippen LogP contribution in [-0.4, -0.2) is 15.1 Å². The second-order valence-electron chi connectivity index (χ2n) is 2.46. The molecule has 0 radical (unpaired) electrons. The lowest BCUT2D eigenvalue weighted by molar-refractivity contribution is -0.386. The van der Waals surface area contributed by atoms with E-state index < -0.39 is 33.4 Å². The van der Waals surface area contributed by atoms with Crippen LogP contribution in [0.25, 0.3) is 0 Å². The predicted octanol–water partition coefficient (Wildman–Crippen LogP) is 2.31. The van der Waals surface area contributed by atoms with Gasteiger partial charge in [-0.3, -0.25) is 19.9 Å². The Hall–Kier alpha value is -1.63. The van der Waals surface area contributed by atoms with Crippen LogP contribution in [0.5, 0.6) is 0 Å². The Morgan fingerprint density at radius 3 is 2.53 bits per heavy atom. The van der Waals surface area contributed by atoms with E-state index in [4.69, 9.17) is 11.6 Å². The number of carbonyl (C=O) groups excluding carboxylic acids is 1. The Balaban J connectivity index is 3.48. The molecule has 0 aliphatic rings. The molecular weight excluding hydrogens is 234 g/mol. The molecule has 0 fully saturated rings. The molecule has 0 aliphatic carbocycles. The van der Waals surface area contributed by atoms with E-state index >= 15 is 0 Å². The number of rotatable bonds is 3. The predicted molar refractivity (Wildman–Crippen MR) is 46.0 cm³/mol. The van der Waals surface area contributed by atoms with Gasteiger partial charge in [0.15, 0.2) is 0 Å². The SMILES string of the molecule is O=C(Cl)c1cncc(C(F)F)c1[N+](=O)[O-]. The second kappa shape index (κ2) is 4.26. The topological polar surface area (TPSA) is 73.1 Å². The van der Waals surface area contributed by atoms with Crippen molar-refractivity contribution >= 4 is 22.5 Å². The van der Waals surface area contributed by atoms with E-state index in [1.165, 1.54) is 0 Å². The molecule has 0 atom stereocenters. The molecule has 1 aromatic rings. The van der Waals surface area contributed by atoms with E-state index in [-0.39, 0.29) is 0 Å². The Morgan fingerprint density at radius 2 is 2.13 bits per heavy atom. The maximum atomic E-state index is 12.3. The third-order valence-corrected chi connectivity index (χ3v) is 1.78. The quantitative estimate of drug-likeness (QED) is 0.459. The number of pyridine rings is 1. The Bertz CT molecular complexity index is 425. The molecule has 0 unspecified atom stereocenters. The normalized spacial score (nSPS) is 10.4. The Labute approximate surface area is 86.8 Å². The first-order chi connectivity index (χ1) is 6.95. The van der Waals surface area contributed by atoms with E-state index in [9.17, 15) is 23.7 Å². The zero-order chi connectivity index (χ0) is 11.6. The number of aromatic nitrogens is 1. The number of alkyl halides is 2. The second-order valence-corrected chi connectivity index (χ2v) is 2.80. The van der Waals surface area contributed by atoms with Crippen LogP contribution in [0, 0.1) is 10.1 Å². The summed E-state index contributed by atoms with van der Waals surface area (Å²) in [5.74, 6) is 0. The van der Waals surface area contributed by atoms with Crippen LogP contribution in [0.2, 0.25) is 0 Å². The lowest BCUT2D eigenvalue weighted by atomic mass is 10.1. The van der Waals surface area contributed by atoms with Gasteiger partial charge in [0, 0.05) is 12.4 Å². The monoisotopic (exact) mass is 236 g/mol. The number of hydrogen-bond acceptors (Lipinski definition) is 4. The number of carbonyl (C=O) groups is 1.